The molecule has 9 heteroatoms. The predicted octanol–water partition coefficient (Wildman–Crippen LogP) is 5.19. The third-order valence-corrected chi connectivity index (χ3v) is 5.45. The molecule has 7 nitrogen and oxygen atoms in total. The molecule has 0 unspecified atom stereocenters. The number of anilines is 2. The van der Waals surface area contributed by atoms with E-state index in [0.29, 0.717) is 29.5 Å². The van der Waals surface area contributed by atoms with Crippen LogP contribution in [0.5, 0.6) is 0 Å². The number of halogens is 2. The maximum Gasteiger partial charge on any atom is 0.139 e. The SMILES string of the molecule is N#Cc1ccc(NCCNc2ccc(-c3ncc[nH]3)c(-c3ccc(I)cc3Cl)n2)nc1. The first-order valence-corrected chi connectivity index (χ1v) is 10.9. The van der Waals surface area contributed by atoms with E-state index in [2.05, 4.69) is 54.2 Å². The van der Waals surface area contributed by atoms with Crippen LogP contribution in [-0.4, -0.2) is 33.0 Å². The van der Waals surface area contributed by atoms with Crippen LogP contribution in [0, 0.1) is 14.9 Å². The molecule has 4 rings (SSSR count). The van der Waals surface area contributed by atoms with Crippen molar-refractivity contribution in [3.05, 3.63) is 75.2 Å². The number of benzene rings is 1. The van der Waals surface area contributed by atoms with Gasteiger partial charge in [-0.1, -0.05) is 17.7 Å². The number of nitriles is 1. The molecule has 3 N–H and O–H groups in total. The van der Waals surface area contributed by atoms with Crippen LogP contribution < -0.4 is 10.6 Å². The zero-order valence-electron chi connectivity index (χ0n) is 16.2. The highest BCUT2D eigenvalue weighted by molar-refractivity contribution is 14.1. The Bertz CT molecular complexity index is 1220. The van der Waals surface area contributed by atoms with E-state index in [0.717, 1.165) is 32.0 Å². The number of nitrogens with one attached hydrogen (secondary N) is 3. The fourth-order valence-corrected chi connectivity index (χ4v) is 3.94. The third-order valence-electron chi connectivity index (χ3n) is 4.46. The van der Waals surface area contributed by atoms with Crippen LogP contribution >= 0.6 is 34.2 Å². The molecule has 0 spiro atoms. The van der Waals surface area contributed by atoms with Crippen molar-refractivity contribution in [2.75, 3.05) is 23.7 Å². The smallest absolute Gasteiger partial charge is 0.139 e. The number of nitrogens with zero attached hydrogens (tertiary/aromatic N) is 4. The van der Waals surface area contributed by atoms with Crippen LogP contribution in [0.15, 0.2) is 61.1 Å². The van der Waals surface area contributed by atoms with Crippen molar-refractivity contribution in [2.24, 2.45) is 0 Å². The lowest BCUT2D eigenvalue weighted by atomic mass is 10.1. The molecule has 0 atom stereocenters. The molecule has 3 aromatic heterocycles. The Hall–Kier alpha value is -3.16. The molecule has 1 aromatic carbocycles. The van der Waals surface area contributed by atoms with Gasteiger partial charge >= 0.3 is 0 Å². The average Bonchev–Trinajstić information content (AvgIpc) is 3.32. The summed E-state index contributed by atoms with van der Waals surface area (Å²) in [6.07, 6.45) is 5.04. The van der Waals surface area contributed by atoms with Crippen molar-refractivity contribution in [1.82, 2.24) is 19.9 Å². The summed E-state index contributed by atoms with van der Waals surface area (Å²) in [4.78, 5) is 16.5. The first kappa shape index (κ1) is 21.1. The topological polar surface area (TPSA) is 102 Å². The van der Waals surface area contributed by atoms with Gasteiger partial charge in [0.05, 0.1) is 16.3 Å². The molecule has 4 aromatic rings. The highest BCUT2D eigenvalue weighted by atomic mass is 127. The van der Waals surface area contributed by atoms with Crippen LogP contribution in [0.2, 0.25) is 5.02 Å². The van der Waals surface area contributed by atoms with Gasteiger partial charge in [-0.2, -0.15) is 5.26 Å². The minimum Gasteiger partial charge on any atom is -0.368 e. The molecular weight excluding hydrogens is 525 g/mol. The normalized spacial score (nSPS) is 10.5. The standard InChI is InChI=1S/C22H17ClIN7/c23-18-11-15(24)2-3-16(18)21-17(22-28-9-10-29-22)4-6-20(31-21)27-8-7-26-19-5-1-14(12-25)13-30-19/h1-6,9-11,13H,7-8H2,(H,26,30)(H,27,31)(H,28,29). The molecule has 0 saturated heterocycles. The summed E-state index contributed by atoms with van der Waals surface area (Å²) in [5.74, 6) is 2.18. The molecule has 0 saturated carbocycles. The van der Waals surface area contributed by atoms with Crippen molar-refractivity contribution < 1.29 is 0 Å². The van der Waals surface area contributed by atoms with Gasteiger partial charge in [0.15, 0.2) is 0 Å². The third kappa shape index (κ3) is 5.13. The van der Waals surface area contributed by atoms with Crippen molar-refractivity contribution in [3.63, 3.8) is 0 Å². The minimum atomic E-state index is 0.534. The minimum absolute atomic E-state index is 0.534. The summed E-state index contributed by atoms with van der Waals surface area (Å²) >= 11 is 8.77. The summed E-state index contributed by atoms with van der Waals surface area (Å²) in [6.45, 7) is 1.27. The molecule has 3 heterocycles. The first-order valence-electron chi connectivity index (χ1n) is 9.44. The van der Waals surface area contributed by atoms with E-state index < -0.39 is 0 Å². The second-order valence-corrected chi connectivity index (χ2v) is 8.20. The van der Waals surface area contributed by atoms with E-state index in [9.17, 15) is 0 Å². The molecule has 0 bridgehead atoms. The summed E-state index contributed by atoms with van der Waals surface area (Å²) in [6, 6.07) is 15.4. The van der Waals surface area contributed by atoms with Crippen LogP contribution in [-0.2, 0) is 0 Å². The zero-order valence-corrected chi connectivity index (χ0v) is 19.1. The summed E-state index contributed by atoms with van der Waals surface area (Å²) < 4.78 is 1.06. The van der Waals surface area contributed by atoms with Gasteiger partial charge in [-0.3, -0.25) is 0 Å². The van der Waals surface area contributed by atoms with Gasteiger partial charge in [-0.05, 0) is 59.0 Å². The lowest BCUT2D eigenvalue weighted by Crippen LogP contribution is -2.15. The largest absolute Gasteiger partial charge is 0.368 e. The Morgan fingerprint density at radius 2 is 1.77 bits per heavy atom. The highest BCUT2D eigenvalue weighted by Crippen LogP contribution is 2.35. The zero-order chi connectivity index (χ0) is 21.6. The van der Waals surface area contributed by atoms with Gasteiger partial charge in [-0.15, -0.1) is 0 Å². The summed E-state index contributed by atoms with van der Waals surface area (Å²) in [7, 11) is 0. The monoisotopic (exact) mass is 541 g/mol. The lowest BCUT2D eigenvalue weighted by Gasteiger charge is -2.13. The number of pyridine rings is 2. The second kappa shape index (κ2) is 9.76. The van der Waals surface area contributed by atoms with Crippen molar-refractivity contribution in [1.29, 1.82) is 5.26 Å². The number of hydrogen-bond donors (Lipinski definition) is 3. The van der Waals surface area contributed by atoms with Gasteiger partial charge in [0.2, 0.25) is 0 Å². The number of aromatic nitrogens is 4. The van der Waals surface area contributed by atoms with Crippen molar-refractivity contribution in [2.45, 2.75) is 0 Å². The van der Waals surface area contributed by atoms with E-state index in [4.69, 9.17) is 21.8 Å². The molecule has 0 fully saturated rings. The molecule has 0 aliphatic carbocycles. The van der Waals surface area contributed by atoms with E-state index in [1.165, 1.54) is 0 Å². The van der Waals surface area contributed by atoms with Gasteiger partial charge in [0.1, 0.15) is 23.5 Å². The van der Waals surface area contributed by atoms with Crippen LogP contribution in [0.3, 0.4) is 0 Å². The predicted molar refractivity (Wildman–Crippen MR) is 131 cm³/mol. The number of hydrogen-bond acceptors (Lipinski definition) is 6. The Morgan fingerprint density at radius 1 is 1.00 bits per heavy atom. The number of rotatable bonds is 7. The molecule has 154 valence electrons. The van der Waals surface area contributed by atoms with Crippen molar-refractivity contribution >= 4 is 45.8 Å². The Balaban J connectivity index is 1.51. The van der Waals surface area contributed by atoms with Gasteiger partial charge < -0.3 is 15.6 Å². The number of H-pyrrole nitrogens is 1. The fraction of sp³-hybridized carbons (Fsp3) is 0.0909. The van der Waals surface area contributed by atoms with Crippen LogP contribution in [0.1, 0.15) is 5.56 Å². The summed E-state index contributed by atoms with van der Waals surface area (Å²) in [5, 5.41) is 16.0. The molecule has 0 aliphatic heterocycles. The highest BCUT2D eigenvalue weighted by Gasteiger charge is 2.15. The van der Waals surface area contributed by atoms with E-state index >= 15 is 0 Å². The van der Waals surface area contributed by atoms with Gasteiger partial charge in [0, 0.05) is 46.4 Å². The Morgan fingerprint density at radius 3 is 2.45 bits per heavy atom. The first-order chi connectivity index (χ1) is 15.1. The average molecular weight is 542 g/mol. The maximum absolute atomic E-state index is 8.84. The fourth-order valence-electron chi connectivity index (χ4n) is 2.99. The number of aromatic amines is 1. The number of imidazole rings is 1. The Labute approximate surface area is 198 Å². The molecule has 0 radical (unpaired) electrons. The Kier molecular flexibility index (Phi) is 6.64. The molecule has 0 aliphatic rings. The van der Waals surface area contributed by atoms with Crippen LogP contribution in [0.4, 0.5) is 11.6 Å². The molecular formula is C22H17ClIN7. The lowest BCUT2D eigenvalue weighted by molar-refractivity contribution is 1.04. The van der Waals surface area contributed by atoms with Gasteiger partial charge in [0.25, 0.3) is 0 Å². The second-order valence-electron chi connectivity index (χ2n) is 6.55. The summed E-state index contributed by atoms with van der Waals surface area (Å²) in [5.41, 5.74) is 3.00. The van der Waals surface area contributed by atoms with E-state index in [1.54, 1.807) is 30.7 Å². The maximum atomic E-state index is 8.84. The van der Waals surface area contributed by atoms with E-state index in [-0.39, 0.29) is 0 Å². The van der Waals surface area contributed by atoms with E-state index in [1.807, 2.05) is 30.3 Å². The van der Waals surface area contributed by atoms with Crippen LogP contribution in [0.25, 0.3) is 22.6 Å². The van der Waals surface area contributed by atoms with Crippen molar-refractivity contribution in [3.8, 4) is 28.7 Å². The van der Waals surface area contributed by atoms with Gasteiger partial charge in [-0.25, -0.2) is 15.0 Å². The quantitative estimate of drug-likeness (QED) is 0.220. The molecule has 0 amide bonds. The molecule has 31 heavy (non-hydrogen) atoms.